The molecule has 1 N–H and O–H groups in total. The average molecular weight is 249 g/mol. The van der Waals surface area contributed by atoms with E-state index in [9.17, 15) is 0 Å². The van der Waals surface area contributed by atoms with E-state index in [0.29, 0.717) is 19.1 Å². The summed E-state index contributed by atoms with van der Waals surface area (Å²) in [6.45, 7) is 10.2. The van der Waals surface area contributed by atoms with Gasteiger partial charge in [0, 0.05) is 26.7 Å². The Kier molecular flexibility index (Phi) is 8.46. The minimum atomic E-state index is 0.202. The second-order valence-electron chi connectivity index (χ2n) is 5.26. The zero-order valence-corrected chi connectivity index (χ0v) is 12.0. The van der Waals surface area contributed by atoms with Crippen LogP contribution < -0.4 is 0 Å². The zero-order chi connectivity index (χ0) is 12.6. The molecular formula is C12H27NO2S. The Morgan fingerprint density at radius 2 is 1.94 bits per heavy atom. The van der Waals surface area contributed by atoms with Gasteiger partial charge in [0.1, 0.15) is 0 Å². The van der Waals surface area contributed by atoms with Crippen molar-refractivity contribution in [2.45, 2.75) is 20.8 Å². The Hall–Kier alpha value is 0.230. The molecule has 0 amide bonds. The highest BCUT2D eigenvalue weighted by Crippen LogP contribution is 2.27. The summed E-state index contributed by atoms with van der Waals surface area (Å²) in [5.74, 6) is 1.40. The zero-order valence-electron chi connectivity index (χ0n) is 11.1. The third-order valence-electron chi connectivity index (χ3n) is 2.95. The van der Waals surface area contributed by atoms with Gasteiger partial charge < -0.3 is 9.84 Å². The topological polar surface area (TPSA) is 32.7 Å². The Labute approximate surface area is 106 Å². The number of ether oxygens (including phenoxy) is 1. The Morgan fingerprint density at radius 1 is 1.31 bits per heavy atom. The number of nitrogens with zero attached hydrogens (tertiary/aromatic N) is 1. The third kappa shape index (κ3) is 6.74. The van der Waals surface area contributed by atoms with Crippen LogP contribution in [-0.4, -0.2) is 55.7 Å². The van der Waals surface area contributed by atoms with Gasteiger partial charge in [-0.05, 0) is 17.1 Å². The van der Waals surface area contributed by atoms with Crippen LogP contribution in [-0.2, 0) is 4.74 Å². The number of rotatable bonds is 8. The molecule has 0 spiro atoms. The molecule has 0 fully saturated rings. The fourth-order valence-corrected chi connectivity index (χ4v) is 2.24. The van der Waals surface area contributed by atoms with Crippen molar-refractivity contribution in [1.29, 1.82) is 0 Å². The SMILES string of the molecule is COCCN(CCO)CC(CS)C(C)(C)C. The number of methoxy groups -OCH3 is 1. The van der Waals surface area contributed by atoms with Crippen LogP contribution in [0.2, 0.25) is 0 Å². The van der Waals surface area contributed by atoms with Crippen molar-refractivity contribution in [3.63, 3.8) is 0 Å². The van der Waals surface area contributed by atoms with Gasteiger partial charge >= 0.3 is 0 Å². The van der Waals surface area contributed by atoms with Crippen LogP contribution in [0.1, 0.15) is 20.8 Å². The molecule has 98 valence electrons. The van der Waals surface area contributed by atoms with Gasteiger partial charge in [-0.25, -0.2) is 0 Å². The van der Waals surface area contributed by atoms with Gasteiger partial charge in [0.05, 0.1) is 13.2 Å². The second-order valence-corrected chi connectivity index (χ2v) is 5.63. The first-order valence-corrected chi connectivity index (χ1v) is 6.52. The van der Waals surface area contributed by atoms with Crippen LogP contribution in [0.15, 0.2) is 0 Å². The molecular weight excluding hydrogens is 222 g/mol. The minimum Gasteiger partial charge on any atom is -0.395 e. The van der Waals surface area contributed by atoms with Crippen molar-refractivity contribution in [2.24, 2.45) is 11.3 Å². The normalized spacial score (nSPS) is 14.4. The van der Waals surface area contributed by atoms with Crippen LogP contribution in [0.4, 0.5) is 0 Å². The summed E-state index contributed by atoms with van der Waals surface area (Å²) in [7, 11) is 1.71. The van der Waals surface area contributed by atoms with Crippen molar-refractivity contribution in [3.8, 4) is 0 Å². The molecule has 0 bridgehead atoms. The summed E-state index contributed by atoms with van der Waals surface area (Å²) < 4.78 is 5.08. The van der Waals surface area contributed by atoms with E-state index < -0.39 is 0 Å². The summed E-state index contributed by atoms with van der Waals surface area (Å²) in [6, 6.07) is 0. The van der Waals surface area contributed by atoms with Crippen molar-refractivity contribution in [2.75, 3.05) is 45.7 Å². The molecule has 0 aliphatic rings. The van der Waals surface area contributed by atoms with E-state index in [1.165, 1.54) is 0 Å². The number of hydrogen-bond donors (Lipinski definition) is 2. The first-order valence-electron chi connectivity index (χ1n) is 5.88. The van der Waals surface area contributed by atoms with E-state index >= 15 is 0 Å². The summed E-state index contributed by atoms with van der Waals surface area (Å²) >= 11 is 4.42. The Balaban J connectivity index is 4.22. The molecule has 1 atom stereocenters. The molecule has 0 saturated heterocycles. The third-order valence-corrected chi connectivity index (χ3v) is 3.39. The fourth-order valence-electron chi connectivity index (χ4n) is 1.57. The second kappa shape index (κ2) is 8.34. The lowest BCUT2D eigenvalue weighted by Gasteiger charge is -2.34. The van der Waals surface area contributed by atoms with Crippen molar-refractivity contribution in [3.05, 3.63) is 0 Å². The monoisotopic (exact) mass is 249 g/mol. The van der Waals surface area contributed by atoms with E-state index in [0.717, 1.165) is 18.8 Å². The van der Waals surface area contributed by atoms with Gasteiger partial charge in [-0.2, -0.15) is 12.6 Å². The molecule has 0 rings (SSSR count). The molecule has 0 heterocycles. The van der Waals surface area contributed by atoms with Crippen molar-refractivity contribution in [1.82, 2.24) is 4.90 Å². The van der Waals surface area contributed by atoms with E-state index in [1.54, 1.807) is 7.11 Å². The van der Waals surface area contributed by atoms with E-state index in [4.69, 9.17) is 9.84 Å². The van der Waals surface area contributed by atoms with Gasteiger partial charge in [0.2, 0.25) is 0 Å². The molecule has 0 aliphatic carbocycles. The quantitative estimate of drug-likeness (QED) is 0.640. The molecule has 0 aromatic rings. The predicted octanol–water partition coefficient (Wildman–Crippen LogP) is 1.52. The van der Waals surface area contributed by atoms with Crippen LogP contribution >= 0.6 is 12.6 Å². The first-order chi connectivity index (χ1) is 7.45. The maximum atomic E-state index is 9.02. The van der Waals surface area contributed by atoms with Crippen LogP contribution in [0.5, 0.6) is 0 Å². The van der Waals surface area contributed by atoms with Gasteiger partial charge in [-0.15, -0.1) is 0 Å². The van der Waals surface area contributed by atoms with Gasteiger partial charge in [-0.1, -0.05) is 20.8 Å². The van der Waals surface area contributed by atoms with Crippen molar-refractivity contribution >= 4 is 12.6 Å². The average Bonchev–Trinajstić information content (AvgIpc) is 2.20. The molecule has 0 aromatic heterocycles. The number of aliphatic hydroxyl groups is 1. The summed E-state index contributed by atoms with van der Waals surface area (Å²) in [5.41, 5.74) is 0.253. The fraction of sp³-hybridized carbons (Fsp3) is 1.00. The molecule has 0 saturated carbocycles. The summed E-state index contributed by atoms with van der Waals surface area (Å²) in [6.07, 6.45) is 0. The standard InChI is InChI=1S/C12H27NO2S/c1-12(2,3)11(10-16)9-13(5-7-14)6-8-15-4/h11,14,16H,5-10H2,1-4H3. The lowest BCUT2D eigenvalue weighted by Crippen LogP contribution is -2.39. The van der Waals surface area contributed by atoms with Crippen molar-refractivity contribution < 1.29 is 9.84 Å². The number of aliphatic hydroxyl groups excluding tert-OH is 1. The lowest BCUT2D eigenvalue weighted by molar-refractivity contribution is 0.101. The first kappa shape index (κ1) is 16.2. The molecule has 1 unspecified atom stereocenters. The van der Waals surface area contributed by atoms with Crippen LogP contribution in [0, 0.1) is 11.3 Å². The molecule has 3 nitrogen and oxygen atoms in total. The highest BCUT2D eigenvalue weighted by Gasteiger charge is 2.25. The molecule has 4 heteroatoms. The smallest absolute Gasteiger partial charge is 0.0589 e. The number of hydrogen-bond acceptors (Lipinski definition) is 4. The van der Waals surface area contributed by atoms with Gasteiger partial charge in [0.25, 0.3) is 0 Å². The highest BCUT2D eigenvalue weighted by molar-refractivity contribution is 7.80. The Bertz CT molecular complexity index is 171. The van der Waals surface area contributed by atoms with Gasteiger partial charge in [-0.3, -0.25) is 4.90 Å². The Morgan fingerprint density at radius 3 is 2.31 bits per heavy atom. The minimum absolute atomic E-state index is 0.202. The van der Waals surface area contributed by atoms with E-state index in [2.05, 4.69) is 38.3 Å². The highest BCUT2D eigenvalue weighted by atomic mass is 32.1. The largest absolute Gasteiger partial charge is 0.395 e. The lowest BCUT2D eigenvalue weighted by atomic mass is 9.81. The molecule has 0 radical (unpaired) electrons. The van der Waals surface area contributed by atoms with E-state index in [-0.39, 0.29) is 12.0 Å². The maximum Gasteiger partial charge on any atom is 0.0589 e. The number of thiol groups is 1. The summed E-state index contributed by atoms with van der Waals surface area (Å²) in [5, 5.41) is 9.02. The maximum absolute atomic E-state index is 9.02. The molecule has 16 heavy (non-hydrogen) atoms. The van der Waals surface area contributed by atoms with Crippen LogP contribution in [0.25, 0.3) is 0 Å². The summed E-state index contributed by atoms with van der Waals surface area (Å²) in [4.78, 5) is 2.25. The molecule has 0 aromatic carbocycles. The molecule has 0 aliphatic heterocycles. The van der Waals surface area contributed by atoms with E-state index in [1.807, 2.05) is 0 Å². The van der Waals surface area contributed by atoms with Crippen LogP contribution in [0.3, 0.4) is 0 Å². The predicted molar refractivity (Wildman–Crippen MR) is 72.2 cm³/mol. The van der Waals surface area contributed by atoms with Gasteiger partial charge in [0.15, 0.2) is 0 Å².